The molecule has 1 N–H and O–H groups in total. The fraction of sp³-hybridized carbons (Fsp3) is 0.467. The van der Waals surface area contributed by atoms with E-state index in [0.29, 0.717) is 6.54 Å². The molecule has 0 unspecified atom stereocenters. The van der Waals surface area contributed by atoms with Crippen molar-refractivity contribution in [3.8, 4) is 0 Å². The maximum atomic E-state index is 11.9. The van der Waals surface area contributed by atoms with Gasteiger partial charge in [0.15, 0.2) is 0 Å². The van der Waals surface area contributed by atoms with E-state index in [4.69, 9.17) is 0 Å². The number of amides is 1. The van der Waals surface area contributed by atoms with E-state index in [2.05, 4.69) is 10.1 Å². The van der Waals surface area contributed by atoms with Crippen molar-refractivity contribution < 1.29 is 14.3 Å². The third kappa shape index (κ3) is 5.84. The first-order chi connectivity index (χ1) is 9.52. The van der Waals surface area contributed by atoms with Gasteiger partial charge in [-0.25, -0.2) is 0 Å². The number of carbonyl (C=O) groups is 2. The summed E-state index contributed by atoms with van der Waals surface area (Å²) in [5, 5.41) is 2.84. The van der Waals surface area contributed by atoms with E-state index in [0.717, 1.165) is 5.56 Å². The summed E-state index contributed by atoms with van der Waals surface area (Å²) in [5.74, 6) is -0.444. The van der Waals surface area contributed by atoms with Crippen LogP contribution >= 0.6 is 0 Å². The summed E-state index contributed by atoms with van der Waals surface area (Å²) in [5.41, 5.74) is 1.05. The van der Waals surface area contributed by atoms with Gasteiger partial charge in [-0.2, -0.15) is 0 Å². The van der Waals surface area contributed by atoms with E-state index >= 15 is 0 Å². The fourth-order valence-electron chi connectivity index (χ4n) is 1.69. The molecule has 5 nitrogen and oxygen atoms in total. The predicted molar refractivity (Wildman–Crippen MR) is 77.0 cm³/mol. The molecule has 0 radical (unpaired) electrons. The lowest BCUT2D eigenvalue weighted by Crippen LogP contribution is -2.43. The zero-order valence-corrected chi connectivity index (χ0v) is 12.3. The number of benzene rings is 1. The highest BCUT2D eigenvalue weighted by Gasteiger charge is 2.17. The zero-order chi connectivity index (χ0) is 15.0. The lowest BCUT2D eigenvalue weighted by atomic mass is 10.2. The molecule has 1 aromatic rings. The van der Waals surface area contributed by atoms with Crippen molar-refractivity contribution in [2.45, 2.75) is 26.4 Å². The van der Waals surface area contributed by atoms with Crippen LogP contribution in [0.5, 0.6) is 0 Å². The topological polar surface area (TPSA) is 58.6 Å². The average molecular weight is 278 g/mol. The number of esters is 1. The number of hydrogen-bond donors (Lipinski definition) is 1. The maximum absolute atomic E-state index is 11.9. The van der Waals surface area contributed by atoms with Crippen LogP contribution in [0.1, 0.15) is 19.4 Å². The van der Waals surface area contributed by atoms with Crippen molar-refractivity contribution in [1.82, 2.24) is 10.2 Å². The van der Waals surface area contributed by atoms with E-state index in [1.165, 1.54) is 7.11 Å². The molecule has 0 saturated heterocycles. The molecule has 0 saturated carbocycles. The van der Waals surface area contributed by atoms with E-state index in [9.17, 15) is 9.59 Å². The minimum absolute atomic E-state index is 0.0941. The standard InChI is InChI=1S/C15H22N2O3/c1-12(2)17(11-15(19)20-3)10-14(18)16-9-13-7-5-4-6-8-13/h4-8,12H,9-11H2,1-3H3,(H,16,18). The van der Waals surface area contributed by atoms with Gasteiger partial charge in [-0.3, -0.25) is 14.5 Å². The van der Waals surface area contributed by atoms with Crippen LogP contribution < -0.4 is 5.32 Å². The van der Waals surface area contributed by atoms with Crippen LogP contribution in [0.4, 0.5) is 0 Å². The Morgan fingerprint density at radius 2 is 1.85 bits per heavy atom. The Morgan fingerprint density at radius 1 is 1.20 bits per heavy atom. The molecule has 0 spiro atoms. The average Bonchev–Trinajstić information content (AvgIpc) is 2.45. The van der Waals surface area contributed by atoms with E-state index in [1.54, 1.807) is 4.90 Å². The third-order valence-electron chi connectivity index (χ3n) is 2.97. The molecule has 0 atom stereocenters. The molecule has 0 aliphatic heterocycles. The first-order valence-electron chi connectivity index (χ1n) is 6.64. The highest BCUT2D eigenvalue weighted by atomic mass is 16.5. The van der Waals surface area contributed by atoms with Crippen molar-refractivity contribution in [1.29, 1.82) is 0 Å². The third-order valence-corrected chi connectivity index (χ3v) is 2.97. The molecule has 1 aromatic carbocycles. The molecule has 0 aliphatic carbocycles. The molecule has 0 bridgehead atoms. The number of nitrogens with one attached hydrogen (secondary N) is 1. The summed E-state index contributed by atoms with van der Waals surface area (Å²) < 4.78 is 4.63. The minimum Gasteiger partial charge on any atom is -0.468 e. The van der Waals surface area contributed by atoms with E-state index in [1.807, 2.05) is 44.2 Å². The monoisotopic (exact) mass is 278 g/mol. The van der Waals surface area contributed by atoms with Crippen LogP contribution in [0.25, 0.3) is 0 Å². The second-order valence-corrected chi connectivity index (χ2v) is 4.84. The molecule has 20 heavy (non-hydrogen) atoms. The SMILES string of the molecule is COC(=O)CN(CC(=O)NCc1ccccc1)C(C)C. The smallest absolute Gasteiger partial charge is 0.319 e. The Balaban J connectivity index is 2.44. The molecule has 0 aliphatic rings. The van der Waals surface area contributed by atoms with Gasteiger partial charge < -0.3 is 10.1 Å². The van der Waals surface area contributed by atoms with Gasteiger partial charge in [-0.05, 0) is 19.4 Å². The molecular formula is C15H22N2O3. The number of ether oxygens (including phenoxy) is 1. The predicted octanol–water partition coefficient (Wildman–Crippen LogP) is 1.19. The van der Waals surface area contributed by atoms with Crippen LogP contribution in [-0.4, -0.2) is 43.0 Å². The second-order valence-electron chi connectivity index (χ2n) is 4.84. The number of methoxy groups -OCH3 is 1. The zero-order valence-electron chi connectivity index (χ0n) is 12.3. The Bertz CT molecular complexity index is 432. The fourth-order valence-corrected chi connectivity index (χ4v) is 1.69. The highest BCUT2D eigenvalue weighted by Crippen LogP contribution is 2.00. The van der Waals surface area contributed by atoms with Crippen LogP contribution in [0.3, 0.4) is 0 Å². The number of nitrogens with zero attached hydrogens (tertiary/aromatic N) is 1. The van der Waals surface area contributed by atoms with E-state index in [-0.39, 0.29) is 31.0 Å². The van der Waals surface area contributed by atoms with Gasteiger partial charge in [0.05, 0.1) is 20.2 Å². The largest absolute Gasteiger partial charge is 0.468 e. The summed E-state index contributed by atoms with van der Waals surface area (Å²) in [6.07, 6.45) is 0. The molecule has 0 fully saturated rings. The molecule has 1 rings (SSSR count). The molecular weight excluding hydrogens is 256 g/mol. The normalized spacial score (nSPS) is 10.7. The summed E-state index contributed by atoms with van der Waals surface area (Å²) >= 11 is 0. The summed E-state index contributed by atoms with van der Waals surface area (Å²) in [4.78, 5) is 25.0. The maximum Gasteiger partial charge on any atom is 0.319 e. The lowest BCUT2D eigenvalue weighted by Gasteiger charge is -2.24. The van der Waals surface area contributed by atoms with Gasteiger partial charge >= 0.3 is 5.97 Å². The highest BCUT2D eigenvalue weighted by molar-refractivity contribution is 5.79. The molecule has 0 aromatic heterocycles. The molecule has 0 heterocycles. The van der Waals surface area contributed by atoms with Crippen molar-refractivity contribution in [3.05, 3.63) is 35.9 Å². The van der Waals surface area contributed by atoms with Crippen molar-refractivity contribution in [2.24, 2.45) is 0 Å². The van der Waals surface area contributed by atoms with Gasteiger partial charge in [0.25, 0.3) is 0 Å². The van der Waals surface area contributed by atoms with Gasteiger partial charge in [-0.15, -0.1) is 0 Å². The Labute approximate surface area is 119 Å². The Morgan fingerprint density at radius 3 is 2.40 bits per heavy atom. The Hall–Kier alpha value is -1.88. The van der Waals surface area contributed by atoms with Crippen LogP contribution in [0.2, 0.25) is 0 Å². The minimum atomic E-state index is -0.338. The molecule has 1 amide bonds. The number of hydrogen-bond acceptors (Lipinski definition) is 4. The summed E-state index contributed by atoms with van der Waals surface area (Å²) in [6.45, 7) is 4.66. The molecule has 110 valence electrons. The Kier molecular flexibility index (Phi) is 6.73. The van der Waals surface area contributed by atoms with Crippen LogP contribution in [0.15, 0.2) is 30.3 Å². The van der Waals surface area contributed by atoms with Gasteiger partial charge in [0.2, 0.25) is 5.91 Å². The molecule has 5 heteroatoms. The van der Waals surface area contributed by atoms with Crippen LogP contribution in [0, 0.1) is 0 Å². The van der Waals surface area contributed by atoms with E-state index < -0.39 is 0 Å². The lowest BCUT2D eigenvalue weighted by molar-refractivity contribution is -0.142. The van der Waals surface area contributed by atoms with Crippen molar-refractivity contribution in [3.63, 3.8) is 0 Å². The number of rotatable bonds is 7. The number of carbonyl (C=O) groups excluding carboxylic acids is 2. The van der Waals surface area contributed by atoms with Gasteiger partial charge in [-0.1, -0.05) is 30.3 Å². The van der Waals surface area contributed by atoms with Crippen LogP contribution in [-0.2, 0) is 20.9 Å². The van der Waals surface area contributed by atoms with Gasteiger partial charge in [0, 0.05) is 12.6 Å². The summed E-state index contributed by atoms with van der Waals surface area (Å²) in [6, 6.07) is 9.79. The van der Waals surface area contributed by atoms with Gasteiger partial charge in [0.1, 0.15) is 0 Å². The van der Waals surface area contributed by atoms with Crippen molar-refractivity contribution in [2.75, 3.05) is 20.2 Å². The summed E-state index contributed by atoms with van der Waals surface area (Å²) in [7, 11) is 1.34. The quantitative estimate of drug-likeness (QED) is 0.761. The first-order valence-corrected chi connectivity index (χ1v) is 6.64. The van der Waals surface area contributed by atoms with Crippen molar-refractivity contribution >= 4 is 11.9 Å². The first kappa shape index (κ1) is 16.2. The second kappa shape index (κ2) is 8.32.